The molecule has 0 saturated heterocycles. The quantitative estimate of drug-likeness (QED) is 0.362. The SMILES string of the molecule is Cc1ccc(C)c(NC(=O)CSc2nc3cc(C)[nH]c3c(=O)n2Cc2ccco2)c1. The van der Waals surface area contributed by atoms with E-state index in [1.807, 2.05) is 45.0 Å². The van der Waals surface area contributed by atoms with E-state index in [2.05, 4.69) is 15.3 Å². The van der Waals surface area contributed by atoms with E-state index in [0.717, 1.165) is 22.5 Å². The molecule has 0 atom stereocenters. The first-order valence-electron chi connectivity index (χ1n) is 9.53. The summed E-state index contributed by atoms with van der Waals surface area (Å²) in [5, 5.41) is 3.41. The summed E-state index contributed by atoms with van der Waals surface area (Å²) in [4.78, 5) is 33.3. The topological polar surface area (TPSA) is 92.9 Å². The number of nitrogens with one attached hydrogen (secondary N) is 2. The van der Waals surface area contributed by atoms with Crippen molar-refractivity contribution in [1.29, 1.82) is 0 Å². The Morgan fingerprint density at radius 3 is 2.83 bits per heavy atom. The number of nitrogens with zero attached hydrogens (tertiary/aromatic N) is 2. The van der Waals surface area contributed by atoms with Crippen LogP contribution in [-0.4, -0.2) is 26.2 Å². The number of amides is 1. The van der Waals surface area contributed by atoms with Crippen molar-refractivity contribution in [2.24, 2.45) is 0 Å². The third-order valence-corrected chi connectivity index (χ3v) is 5.71. The minimum atomic E-state index is -0.193. The van der Waals surface area contributed by atoms with Crippen LogP contribution < -0.4 is 10.9 Å². The number of thioether (sulfide) groups is 1. The van der Waals surface area contributed by atoms with Gasteiger partial charge in [0.05, 0.1) is 24.1 Å². The fourth-order valence-corrected chi connectivity index (χ4v) is 4.00. The number of hydrogen-bond acceptors (Lipinski definition) is 5. The van der Waals surface area contributed by atoms with Gasteiger partial charge in [0, 0.05) is 11.4 Å². The zero-order valence-electron chi connectivity index (χ0n) is 17.0. The highest BCUT2D eigenvalue weighted by Crippen LogP contribution is 2.21. The van der Waals surface area contributed by atoms with Gasteiger partial charge in [0.15, 0.2) is 5.16 Å². The summed E-state index contributed by atoms with van der Waals surface area (Å²) < 4.78 is 6.94. The molecule has 0 bridgehead atoms. The molecule has 2 N–H and O–H groups in total. The van der Waals surface area contributed by atoms with Crippen molar-refractivity contribution in [3.05, 3.63) is 75.6 Å². The van der Waals surface area contributed by atoms with E-state index in [0.29, 0.717) is 22.0 Å². The number of carbonyl (C=O) groups is 1. The van der Waals surface area contributed by atoms with Crippen LogP contribution >= 0.6 is 11.8 Å². The van der Waals surface area contributed by atoms with Crippen molar-refractivity contribution >= 4 is 34.4 Å². The van der Waals surface area contributed by atoms with Gasteiger partial charge in [0.1, 0.15) is 11.3 Å². The molecule has 1 amide bonds. The second-order valence-electron chi connectivity index (χ2n) is 7.23. The summed E-state index contributed by atoms with van der Waals surface area (Å²) in [5.41, 5.74) is 4.56. The second-order valence-corrected chi connectivity index (χ2v) is 8.18. The van der Waals surface area contributed by atoms with Gasteiger partial charge in [-0.25, -0.2) is 4.98 Å². The molecule has 0 radical (unpaired) electrons. The lowest BCUT2D eigenvalue weighted by molar-refractivity contribution is -0.113. The molecule has 4 aromatic rings. The molecule has 3 aromatic heterocycles. The average Bonchev–Trinajstić information content (AvgIpc) is 3.35. The van der Waals surface area contributed by atoms with Crippen LogP contribution in [0.2, 0.25) is 0 Å². The summed E-state index contributed by atoms with van der Waals surface area (Å²) >= 11 is 1.23. The molecule has 4 rings (SSSR count). The summed E-state index contributed by atoms with van der Waals surface area (Å²) in [6.45, 7) is 6.05. The van der Waals surface area contributed by atoms with Gasteiger partial charge < -0.3 is 14.7 Å². The van der Waals surface area contributed by atoms with E-state index in [1.54, 1.807) is 18.4 Å². The normalized spacial score (nSPS) is 11.2. The minimum Gasteiger partial charge on any atom is -0.467 e. The predicted molar refractivity (Wildman–Crippen MR) is 118 cm³/mol. The van der Waals surface area contributed by atoms with E-state index in [4.69, 9.17) is 4.42 Å². The Kier molecular flexibility index (Phi) is 5.50. The van der Waals surface area contributed by atoms with Crippen LogP contribution in [0.15, 0.2) is 57.0 Å². The molecule has 0 aliphatic carbocycles. The fraction of sp³-hybridized carbons (Fsp3) is 0.227. The monoisotopic (exact) mass is 422 g/mol. The van der Waals surface area contributed by atoms with Crippen molar-refractivity contribution in [2.75, 3.05) is 11.1 Å². The molecular weight excluding hydrogens is 400 g/mol. The van der Waals surface area contributed by atoms with E-state index >= 15 is 0 Å². The molecule has 0 fully saturated rings. The second kappa shape index (κ2) is 8.23. The Labute approximate surface area is 177 Å². The van der Waals surface area contributed by atoms with Crippen LogP contribution in [0.4, 0.5) is 5.69 Å². The summed E-state index contributed by atoms with van der Waals surface area (Å²) in [6.07, 6.45) is 1.57. The number of aromatic amines is 1. The largest absolute Gasteiger partial charge is 0.467 e. The first kappa shape index (κ1) is 20.0. The number of benzene rings is 1. The first-order chi connectivity index (χ1) is 14.4. The molecule has 3 heterocycles. The highest BCUT2D eigenvalue weighted by atomic mass is 32.2. The number of carbonyl (C=O) groups excluding carboxylic acids is 1. The maximum Gasteiger partial charge on any atom is 0.278 e. The number of anilines is 1. The first-order valence-corrected chi connectivity index (χ1v) is 10.5. The van der Waals surface area contributed by atoms with E-state index in [1.165, 1.54) is 16.3 Å². The standard InChI is InChI=1S/C22H22N4O3S/c1-13-6-7-14(2)17(9-13)24-19(27)12-30-22-25-18-10-15(3)23-20(18)21(28)26(22)11-16-5-4-8-29-16/h4-10,23H,11-12H2,1-3H3,(H,24,27). The van der Waals surface area contributed by atoms with Gasteiger partial charge in [-0.3, -0.25) is 14.2 Å². The Balaban J connectivity index is 1.60. The number of H-pyrrole nitrogens is 1. The Morgan fingerprint density at radius 2 is 2.07 bits per heavy atom. The molecule has 30 heavy (non-hydrogen) atoms. The van der Waals surface area contributed by atoms with Gasteiger partial charge in [-0.15, -0.1) is 0 Å². The van der Waals surface area contributed by atoms with Crippen LogP contribution in [0.5, 0.6) is 0 Å². The molecule has 7 nitrogen and oxygen atoms in total. The van der Waals surface area contributed by atoms with Crippen molar-refractivity contribution < 1.29 is 9.21 Å². The van der Waals surface area contributed by atoms with Crippen LogP contribution in [0.1, 0.15) is 22.6 Å². The maximum absolute atomic E-state index is 13.0. The fourth-order valence-electron chi connectivity index (χ4n) is 3.21. The van der Waals surface area contributed by atoms with E-state index < -0.39 is 0 Å². The zero-order chi connectivity index (χ0) is 21.3. The van der Waals surface area contributed by atoms with Crippen molar-refractivity contribution in [3.8, 4) is 0 Å². The van der Waals surface area contributed by atoms with Crippen molar-refractivity contribution in [1.82, 2.24) is 14.5 Å². The average molecular weight is 423 g/mol. The lowest BCUT2D eigenvalue weighted by atomic mass is 10.1. The lowest BCUT2D eigenvalue weighted by Crippen LogP contribution is -2.24. The van der Waals surface area contributed by atoms with Crippen LogP contribution in [-0.2, 0) is 11.3 Å². The number of aromatic nitrogens is 3. The third kappa shape index (κ3) is 4.18. The van der Waals surface area contributed by atoms with Gasteiger partial charge in [-0.2, -0.15) is 0 Å². The number of aryl methyl sites for hydroxylation is 3. The highest BCUT2D eigenvalue weighted by molar-refractivity contribution is 7.99. The van der Waals surface area contributed by atoms with Gasteiger partial charge in [0.25, 0.3) is 5.56 Å². The zero-order valence-corrected chi connectivity index (χ0v) is 17.8. The number of hydrogen-bond donors (Lipinski definition) is 2. The highest BCUT2D eigenvalue weighted by Gasteiger charge is 2.16. The number of rotatable bonds is 6. The molecule has 154 valence electrons. The number of fused-ring (bicyclic) bond motifs is 1. The van der Waals surface area contributed by atoms with Gasteiger partial charge in [0.2, 0.25) is 5.91 Å². The predicted octanol–water partition coefficient (Wildman–Crippen LogP) is 4.02. The van der Waals surface area contributed by atoms with Crippen LogP contribution in [0, 0.1) is 20.8 Å². The molecule has 0 unspecified atom stereocenters. The summed E-state index contributed by atoms with van der Waals surface area (Å²) in [6, 6.07) is 11.3. The lowest BCUT2D eigenvalue weighted by Gasteiger charge is -2.12. The summed E-state index contributed by atoms with van der Waals surface area (Å²) in [7, 11) is 0. The summed E-state index contributed by atoms with van der Waals surface area (Å²) in [5.74, 6) is 0.619. The molecular formula is C22H22N4O3S. The van der Waals surface area contributed by atoms with Gasteiger partial charge in [-0.05, 0) is 56.2 Å². The van der Waals surface area contributed by atoms with E-state index in [-0.39, 0.29) is 23.8 Å². The molecule has 8 heteroatoms. The molecule has 0 spiro atoms. The maximum atomic E-state index is 13.0. The smallest absolute Gasteiger partial charge is 0.278 e. The van der Waals surface area contributed by atoms with Crippen LogP contribution in [0.3, 0.4) is 0 Å². The van der Waals surface area contributed by atoms with Gasteiger partial charge in [-0.1, -0.05) is 23.9 Å². The molecule has 0 aliphatic rings. The van der Waals surface area contributed by atoms with E-state index in [9.17, 15) is 9.59 Å². The minimum absolute atomic E-state index is 0.132. The Hall–Kier alpha value is -3.26. The van der Waals surface area contributed by atoms with Crippen molar-refractivity contribution in [3.63, 3.8) is 0 Å². The Bertz CT molecular complexity index is 1270. The number of furan rings is 1. The third-order valence-electron chi connectivity index (χ3n) is 4.73. The molecule has 1 aromatic carbocycles. The van der Waals surface area contributed by atoms with Gasteiger partial charge >= 0.3 is 0 Å². The molecule has 0 saturated carbocycles. The van der Waals surface area contributed by atoms with Crippen LogP contribution in [0.25, 0.3) is 11.0 Å². The Morgan fingerprint density at radius 1 is 1.23 bits per heavy atom. The van der Waals surface area contributed by atoms with Crippen molar-refractivity contribution in [2.45, 2.75) is 32.5 Å². The molecule has 0 aliphatic heterocycles.